The third-order valence-electron chi connectivity index (χ3n) is 4.84. The molecular weight excluding hydrogens is 388 g/mol. The zero-order valence-electron chi connectivity index (χ0n) is 16.7. The highest BCUT2D eigenvalue weighted by Crippen LogP contribution is 2.35. The van der Waals surface area contributed by atoms with Gasteiger partial charge in [0.2, 0.25) is 6.79 Å². The summed E-state index contributed by atoms with van der Waals surface area (Å²) in [5.41, 5.74) is 1.96. The summed E-state index contributed by atoms with van der Waals surface area (Å²) in [5.74, 6) is 2.75. The highest BCUT2D eigenvalue weighted by atomic mass is 32.1. The highest BCUT2D eigenvalue weighted by Gasteiger charge is 2.19. The molecule has 2 aromatic heterocycles. The lowest BCUT2D eigenvalue weighted by Crippen LogP contribution is -2.25. The molecule has 152 valence electrons. The molecule has 8 heteroatoms. The largest absolute Gasteiger partial charge is 0.454 e. The number of anilines is 1. The number of nitrogens with one attached hydrogen (secondary N) is 2. The second-order valence-electron chi connectivity index (χ2n) is 7.44. The van der Waals surface area contributed by atoms with Crippen molar-refractivity contribution >= 4 is 33.3 Å². The van der Waals surface area contributed by atoms with Crippen LogP contribution in [0.5, 0.6) is 11.5 Å². The Kier molecular flexibility index (Phi) is 5.53. The van der Waals surface area contributed by atoms with Gasteiger partial charge in [0, 0.05) is 13.1 Å². The lowest BCUT2D eigenvalue weighted by Gasteiger charge is -2.08. The summed E-state index contributed by atoms with van der Waals surface area (Å²) < 4.78 is 10.8. The number of aryl methyl sites for hydroxylation is 1. The first-order valence-corrected chi connectivity index (χ1v) is 10.5. The van der Waals surface area contributed by atoms with Crippen molar-refractivity contribution in [1.82, 2.24) is 15.3 Å². The number of carbonyl (C=O) groups is 1. The molecule has 2 N–H and O–H groups in total. The van der Waals surface area contributed by atoms with E-state index in [1.807, 2.05) is 25.1 Å². The Labute approximate surface area is 173 Å². The second-order valence-corrected chi connectivity index (χ2v) is 8.44. The van der Waals surface area contributed by atoms with E-state index in [0.29, 0.717) is 23.9 Å². The van der Waals surface area contributed by atoms with Crippen molar-refractivity contribution in [2.45, 2.75) is 33.7 Å². The van der Waals surface area contributed by atoms with Gasteiger partial charge in [-0.1, -0.05) is 19.9 Å². The molecule has 0 spiro atoms. The number of rotatable bonds is 7. The molecule has 1 aliphatic rings. The summed E-state index contributed by atoms with van der Waals surface area (Å²) >= 11 is 1.40. The Morgan fingerprint density at radius 1 is 1.24 bits per heavy atom. The maximum Gasteiger partial charge on any atom is 0.261 e. The van der Waals surface area contributed by atoms with E-state index >= 15 is 0 Å². The third kappa shape index (κ3) is 4.12. The summed E-state index contributed by atoms with van der Waals surface area (Å²) in [6.07, 6.45) is 2.48. The summed E-state index contributed by atoms with van der Waals surface area (Å²) in [5, 5.41) is 7.28. The Hall–Kier alpha value is -2.87. The Morgan fingerprint density at radius 3 is 2.90 bits per heavy atom. The van der Waals surface area contributed by atoms with Crippen LogP contribution in [0.3, 0.4) is 0 Å². The van der Waals surface area contributed by atoms with Crippen LogP contribution in [0.25, 0.3) is 10.2 Å². The van der Waals surface area contributed by atoms with E-state index in [4.69, 9.17) is 9.47 Å². The molecule has 0 bridgehead atoms. The molecule has 3 heterocycles. The number of benzene rings is 1. The molecule has 0 aliphatic carbocycles. The normalized spacial score (nSPS) is 12.6. The fraction of sp³-hybridized carbons (Fsp3) is 0.381. The number of amides is 1. The molecule has 1 amide bonds. The van der Waals surface area contributed by atoms with Crippen LogP contribution in [0.2, 0.25) is 0 Å². The minimum absolute atomic E-state index is 0.0483. The number of fused-ring (bicyclic) bond motifs is 2. The number of carbonyl (C=O) groups excluding carboxylic acids is 1. The van der Waals surface area contributed by atoms with Gasteiger partial charge in [-0.05, 0) is 42.5 Å². The van der Waals surface area contributed by atoms with E-state index in [1.54, 1.807) is 0 Å². The van der Waals surface area contributed by atoms with Gasteiger partial charge in [0.25, 0.3) is 5.91 Å². The molecule has 0 radical (unpaired) electrons. The minimum atomic E-state index is -0.0483. The van der Waals surface area contributed by atoms with Gasteiger partial charge in [-0.15, -0.1) is 11.3 Å². The van der Waals surface area contributed by atoms with Gasteiger partial charge in [-0.25, -0.2) is 9.97 Å². The maximum absolute atomic E-state index is 12.6. The van der Waals surface area contributed by atoms with Crippen LogP contribution in [0.15, 0.2) is 24.5 Å². The van der Waals surface area contributed by atoms with Crippen molar-refractivity contribution in [3.63, 3.8) is 0 Å². The van der Waals surface area contributed by atoms with Crippen LogP contribution in [-0.2, 0) is 6.54 Å². The molecule has 1 aromatic carbocycles. The minimum Gasteiger partial charge on any atom is -0.454 e. The number of thiophene rings is 1. The standard InChI is InChI=1S/C21H24N4O3S/c1-12(2)6-7-22-20(26)18-13(3)17-19(24-10-25-21(17)29-18)23-9-14-4-5-15-16(8-14)28-11-27-15/h4-5,8,10,12H,6-7,9,11H2,1-3H3,(H,22,26)(H,23,24,25). The molecule has 0 unspecified atom stereocenters. The second kappa shape index (κ2) is 8.24. The molecule has 0 saturated heterocycles. The first-order chi connectivity index (χ1) is 14.0. The van der Waals surface area contributed by atoms with Gasteiger partial charge in [0.1, 0.15) is 17.0 Å². The molecule has 3 aromatic rings. The summed E-state index contributed by atoms with van der Waals surface area (Å²) in [7, 11) is 0. The summed E-state index contributed by atoms with van der Waals surface area (Å²) in [4.78, 5) is 22.9. The average Bonchev–Trinajstić information content (AvgIpc) is 3.30. The van der Waals surface area contributed by atoms with Crippen molar-refractivity contribution in [3.8, 4) is 11.5 Å². The quantitative estimate of drug-likeness (QED) is 0.607. The third-order valence-corrected chi connectivity index (χ3v) is 6.04. The van der Waals surface area contributed by atoms with Crippen LogP contribution in [0.1, 0.15) is 41.1 Å². The molecule has 29 heavy (non-hydrogen) atoms. The van der Waals surface area contributed by atoms with E-state index in [0.717, 1.165) is 45.1 Å². The zero-order valence-corrected chi connectivity index (χ0v) is 17.6. The van der Waals surface area contributed by atoms with Gasteiger partial charge < -0.3 is 20.1 Å². The molecule has 4 rings (SSSR count). The van der Waals surface area contributed by atoms with Gasteiger partial charge >= 0.3 is 0 Å². The van der Waals surface area contributed by atoms with Gasteiger partial charge in [0.05, 0.1) is 10.3 Å². The SMILES string of the molecule is Cc1c(C(=O)NCCC(C)C)sc2ncnc(NCc3ccc4c(c3)OCO4)c12. The van der Waals surface area contributed by atoms with Crippen molar-refractivity contribution in [2.24, 2.45) is 5.92 Å². The fourth-order valence-corrected chi connectivity index (χ4v) is 4.28. The molecule has 1 aliphatic heterocycles. The monoisotopic (exact) mass is 412 g/mol. The van der Waals surface area contributed by atoms with Crippen molar-refractivity contribution in [1.29, 1.82) is 0 Å². The van der Waals surface area contributed by atoms with Crippen LogP contribution in [0, 0.1) is 12.8 Å². The van der Waals surface area contributed by atoms with Crippen molar-refractivity contribution < 1.29 is 14.3 Å². The van der Waals surface area contributed by atoms with Crippen molar-refractivity contribution in [2.75, 3.05) is 18.7 Å². The number of hydrogen-bond acceptors (Lipinski definition) is 7. The Bertz CT molecular complexity index is 1050. The first kappa shape index (κ1) is 19.4. The van der Waals surface area contributed by atoms with Gasteiger partial charge in [0.15, 0.2) is 11.5 Å². The van der Waals surface area contributed by atoms with Gasteiger partial charge in [-0.2, -0.15) is 0 Å². The number of hydrogen-bond donors (Lipinski definition) is 2. The fourth-order valence-electron chi connectivity index (χ4n) is 3.21. The molecule has 0 saturated carbocycles. The topological polar surface area (TPSA) is 85.4 Å². The van der Waals surface area contributed by atoms with E-state index < -0.39 is 0 Å². The lowest BCUT2D eigenvalue weighted by molar-refractivity contribution is 0.0955. The summed E-state index contributed by atoms with van der Waals surface area (Å²) in [6.45, 7) is 7.74. The van der Waals surface area contributed by atoms with Crippen LogP contribution >= 0.6 is 11.3 Å². The van der Waals surface area contributed by atoms with Crippen LogP contribution < -0.4 is 20.1 Å². The number of ether oxygens (including phenoxy) is 2. The van der Waals surface area contributed by atoms with Crippen LogP contribution in [0.4, 0.5) is 5.82 Å². The van der Waals surface area contributed by atoms with E-state index in [2.05, 4.69) is 34.4 Å². The van der Waals surface area contributed by atoms with Crippen molar-refractivity contribution in [3.05, 3.63) is 40.5 Å². The number of aromatic nitrogens is 2. The lowest BCUT2D eigenvalue weighted by atomic mass is 10.1. The predicted octanol–water partition coefficient (Wildman–Crippen LogP) is 4.12. The first-order valence-electron chi connectivity index (χ1n) is 9.67. The molecule has 0 fully saturated rings. The number of nitrogens with zero attached hydrogens (tertiary/aromatic N) is 2. The van der Waals surface area contributed by atoms with E-state index in [1.165, 1.54) is 17.7 Å². The maximum atomic E-state index is 12.6. The van der Waals surface area contributed by atoms with E-state index in [9.17, 15) is 4.79 Å². The summed E-state index contributed by atoms with van der Waals surface area (Å²) in [6, 6.07) is 5.86. The highest BCUT2D eigenvalue weighted by molar-refractivity contribution is 7.20. The van der Waals surface area contributed by atoms with Gasteiger partial charge in [-0.3, -0.25) is 4.79 Å². The molecular formula is C21H24N4O3S. The average molecular weight is 413 g/mol. The Balaban J connectivity index is 1.52. The zero-order chi connectivity index (χ0) is 20.4. The Morgan fingerprint density at radius 2 is 2.07 bits per heavy atom. The van der Waals surface area contributed by atoms with Crippen LogP contribution in [-0.4, -0.2) is 29.2 Å². The smallest absolute Gasteiger partial charge is 0.261 e. The molecule has 0 atom stereocenters. The predicted molar refractivity (Wildman–Crippen MR) is 114 cm³/mol. The van der Waals surface area contributed by atoms with E-state index in [-0.39, 0.29) is 12.7 Å². The molecule has 7 nitrogen and oxygen atoms in total.